The van der Waals surface area contributed by atoms with Gasteiger partial charge in [-0.25, -0.2) is 5.01 Å². The number of benzene rings is 2. The summed E-state index contributed by atoms with van der Waals surface area (Å²) in [6.45, 7) is 1.22. The summed E-state index contributed by atoms with van der Waals surface area (Å²) in [5, 5.41) is 5.71. The van der Waals surface area contributed by atoms with E-state index in [0.29, 0.717) is 37.7 Å². The average Bonchev–Trinajstić information content (AvgIpc) is 3.27. The van der Waals surface area contributed by atoms with Gasteiger partial charge in [-0.2, -0.15) is 5.10 Å². The van der Waals surface area contributed by atoms with E-state index >= 15 is 0 Å². The van der Waals surface area contributed by atoms with E-state index in [4.69, 9.17) is 14.2 Å². The van der Waals surface area contributed by atoms with Crippen molar-refractivity contribution >= 4 is 29.4 Å². The average molecular weight is 412 g/mol. The summed E-state index contributed by atoms with van der Waals surface area (Å²) in [5.41, 5.74) is 1.86. The van der Waals surface area contributed by atoms with E-state index in [1.54, 1.807) is 0 Å². The lowest BCUT2D eigenvalue weighted by Crippen LogP contribution is -2.29. The van der Waals surface area contributed by atoms with E-state index in [0.717, 1.165) is 16.2 Å². The van der Waals surface area contributed by atoms with E-state index in [1.165, 1.54) is 16.8 Å². The predicted octanol–water partition coefficient (Wildman–Crippen LogP) is 2.73. The number of ether oxygens (including phenoxy) is 3. The van der Waals surface area contributed by atoms with E-state index in [2.05, 4.69) is 5.10 Å². The minimum Gasteiger partial charge on any atom is -0.486 e. The number of carbonyl (C=O) groups excluding carboxylic acids is 2. The van der Waals surface area contributed by atoms with Gasteiger partial charge in [-0.05, 0) is 23.8 Å². The number of hydrazone groups is 1. The van der Waals surface area contributed by atoms with Crippen molar-refractivity contribution in [2.75, 3.05) is 32.1 Å². The van der Waals surface area contributed by atoms with Gasteiger partial charge >= 0.3 is 5.97 Å². The highest BCUT2D eigenvalue weighted by Crippen LogP contribution is 2.34. The van der Waals surface area contributed by atoms with E-state index in [1.807, 2.05) is 48.5 Å². The maximum atomic E-state index is 12.3. The largest absolute Gasteiger partial charge is 0.486 e. The Labute approximate surface area is 172 Å². The Morgan fingerprint density at radius 2 is 1.86 bits per heavy atom. The summed E-state index contributed by atoms with van der Waals surface area (Å²) in [7, 11) is 0. The molecule has 2 aliphatic heterocycles. The first kappa shape index (κ1) is 19.3. The lowest BCUT2D eigenvalue weighted by molar-refractivity contribution is -0.149. The molecule has 1 amide bonds. The number of esters is 1. The molecular weight excluding hydrogens is 392 g/mol. The Balaban J connectivity index is 1.23. The van der Waals surface area contributed by atoms with Gasteiger partial charge in [-0.15, -0.1) is 11.8 Å². The smallest absolute Gasteiger partial charge is 0.316 e. The summed E-state index contributed by atoms with van der Waals surface area (Å²) in [6, 6.07) is 15.2. The van der Waals surface area contributed by atoms with Crippen LogP contribution < -0.4 is 9.47 Å². The van der Waals surface area contributed by atoms with E-state index in [-0.39, 0.29) is 18.3 Å². The lowest BCUT2D eigenvalue weighted by Gasteiger charge is -2.18. The first-order valence-corrected chi connectivity index (χ1v) is 10.3. The molecule has 0 bridgehead atoms. The third-order valence-corrected chi connectivity index (χ3v) is 5.39. The van der Waals surface area contributed by atoms with Crippen molar-refractivity contribution in [3.05, 3.63) is 54.1 Å². The van der Waals surface area contributed by atoms with Gasteiger partial charge in [0.25, 0.3) is 5.91 Å². The fourth-order valence-corrected chi connectivity index (χ4v) is 3.71. The third kappa shape index (κ3) is 4.89. The zero-order valence-corrected chi connectivity index (χ0v) is 16.5. The van der Waals surface area contributed by atoms with Crippen LogP contribution in [0.2, 0.25) is 0 Å². The van der Waals surface area contributed by atoms with Crippen LogP contribution >= 0.6 is 11.8 Å². The summed E-state index contributed by atoms with van der Waals surface area (Å²) in [5.74, 6) is 0.699. The van der Waals surface area contributed by atoms with E-state index in [9.17, 15) is 9.59 Å². The van der Waals surface area contributed by atoms with Gasteiger partial charge in [-0.3, -0.25) is 9.59 Å². The molecule has 29 heavy (non-hydrogen) atoms. The Morgan fingerprint density at radius 1 is 1.07 bits per heavy atom. The number of fused-ring (bicyclic) bond motifs is 1. The number of hydrogen-bond donors (Lipinski definition) is 0. The van der Waals surface area contributed by atoms with Crippen LogP contribution in [-0.2, 0) is 14.3 Å². The maximum absolute atomic E-state index is 12.3. The summed E-state index contributed by atoms with van der Waals surface area (Å²) in [6.07, 6.45) is 0.684. The molecule has 2 aromatic rings. The zero-order valence-electron chi connectivity index (χ0n) is 15.7. The van der Waals surface area contributed by atoms with Crippen molar-refractivity contribution < 1.29 is 23.8 Å². The Hall–Kier alpha value is -3.00. The molecule has 2 aliphatic rings. The van der Waals surface area contributed by atoms with Crippen LogP contribution in [0.3, 0.4) is 0 Å². The molecule has 0 saturated carbocycles. The molecular formula is C21H20N2O5S. The molecule has 2 aromatic carbocycles. The quantitative estimate of drug-likeness (QED) is 0.536. The van der Waals surface area contributed by atoms with Gasteiger partial charge in [0.15, 0.2) is 18.1 Å². The van der Waals surface area contributed by atoms with Crippen LogP contribution in [0.5, 0.6) is 11.5 Å². The number of rotatable bonds is 6. The normalized spacial score (nSPS) is 15.0. The molecule has 150 valence electrons. The van der Waals surface area contributed by atoms with Gasteiger partial charge in [-0.1, -0.05) is 30.3 Å². The van der Waals surface area contributed by atoms with Crippen molar-refractivity contribution in [3.8, 4) is 11.5 Å². The van der Waals surface area contributed by atoms with Gasteiger partial charge in [0.05, 0.1) is 18.0 Å². The van der Waals surface area contributed by atoms with Crippen LogP contribution in [0, 0.1) is 0 Å². The van der Waals surface area contributed by atoms with E-state index < -0.39 is 5.97 Å². The molecule has 0 aliphatic carbocycles. The summed E-state index contributed by atoms with van der Waals surface area (Å²) >= 11 is 1.32. The van der Waals surface area contributed by atoms with Gasteiger partial charge in [0.1, 0.15) is 13.2 Å². The molecule has 2 heterocycles. The molecule has 0 saturated heterocycles. The van der Waals surface area contributed by atoms with Crippen molar-refractivity contribution in [2.24, 2.45) is 5.10 Å². The standard InChI is InChI=1S/C21H20N2O5S/c24-20(23-9-8-17(22-23)15-4-2-1-3-5-15)13-28-21(25)14-29-16-6-7-18-19(12-16)27-11-10-26-18/h1-7,12H,8-11,13-14H2. The molecule has 7 nitrogen and oxygen atoms in total. The number of nitrogens with zero attached hydrogens (tertiary/aromatic N) is 2. The Morgan fingerprint density at radius 3 is 2.69 bits per heavy atom. The highest BCUT2D eigenvalue weighted by atomic mass is 32.2. The fraction of sp³-hybridized carbons (Fsp3) is 0.286. The summed E-state index contributed by atoms with van der Waals surface area (Å²) < 4.78 is 16.1. The van der Waals surface area contributed by atoms with Crippen LogP contribution in [0.1, 0.15) is 12.0 Å². The third-order valence-electron chi connectivity index (χ3n) is 4.42. The first-order valence-electron chi connectivity index (χ1n) is 9.30. The van der Waals surface area contributed by atoms with Gasteiger partial charge < -0.3 is 14.2 Å². The zero-order chi connectivity index (χ0) is 20.1. The molecule has 0 unspecified atom stereocenters. The van der Waals surface area contributed by atoms with Crippen LogP contribution in [-0.4, -0.2) is 54.7 Å². The minimum atomic E-state index is -0.454. The maximum Gasteiger partial charge on any atom is 0.316 e. The first-order chi connectivity index (χ1) is 14.2. The minimum absolute atomic E-state index is 0.103. The number of carbonyl (C=O) groups is 2. The monoisotopic (exact) mass is 412 g/mol. The lowest BCUT2D eigenvalue weighted by atomic mass is 10.1. The van der Waals surface area contributed by atoms with Crippen molar-refractivity contribution in [2.45, 2.75) is 11.3 Å². The molecule has 4 rings (SSSR count). The highest BCUT2D eigenvalue weighted by Gasteiger charge is 2.22. The Bertz CT molecular complexity index is 932. The predicted molar refractivity (Wildman–Crippen MR) is 108 cm³/mol. The van der Waals surface area contributed by atoms with Crippen LogP contribution in [0.15, 0.2) is 58.5 Å². The van der Waals surface area contributed by atoms with Crippen molar-refractivity contribution in [3.63, 3.8) is 0 Å². The van der Waals surface area contributed by atoms with Crippen LogP contribution in [0.25, 0.3) is 0 Å². The topological polar surface area (TPSA) is 77.4 Å². The second-order valence-electron chi connectivity index (χ2n) is 6.43. The molecule has 0 N–H and O–H groups in total. The molecule has 8 heteroatoms. The second-order valence-corrected chi connectivity index (χ2v) is 7.48. The number of thioether (sulfide) groups is 1. The van der Waals surface area contributed by atoms with Crippen LogP contribution in [0.4, 0.5) is 0 Å². The van der Waals surface area contributed by atoms with Gasteiger partial charge in [0.2, 0.25) is 0 Å². The van der Waals surface area contributed by atoms with Crippen molar-refractivity contribution in [1.29, 1.82) is 0 Å². The summed E-state index contributed by atoms with van der Waals surface area (Å²) in [4.78, 5) is 25.1. The number of amides is 1. The second kappa shape index (κ2) is 9.00. The van der Waals surface area contributed by atoms with Crippen molar-refractivity contribution in [1.82, 2.24) is 5.01 Å². The van der Waals surface area contributed by atoms with Gasteiger partial charge in [0, 0.05) is 11.3 Å². The molecule has 0 fully saturated rings. The Kier molecular flexibility index (Phi) is 6.00. The molecule has 0 spiro atoms. The highest BCUT2D eigenvalue weighted by molar-refractivity contribution is 8.00. The molecule has 0 atom stereocenters. The molecule has 0 radical (unpaired) electrons. The molecule has 0 aromatic heterocycles. The SMILES string of the molecule is O=C(CSc1ccc2c(c1)OCCO2)OCC(=O)N1CCC(c2ccccc2)=N1. The number of hydrogen-bond acceptors (Lipinski definition) is 7. The fourth-order valence-electron chi connectivity index (χ4n) is 2.98.